The van der Waals surface area contributed by atoms with Crippen molar-refractivity contribution in [1.82, 2.24) is 23.1 Å². The van der Waals surface area contributed by atoms with Crippen molar-refractivity contribution in [2.75, 3.05) is 26.2 Å². The second kappa shape index (κ2) is 7.31. The first-order valence-corrected chi connectivity index (χ1v) is 11.2. The van der Waals surface area contributed by atoms with Crippen LogP contribution in [0.15, 0.2) is 56.5 Å². The lowest BCUT2D eigenvalue weighted by molar-refractivity contribution is 0.0687. The Labute approximate surface area is 175 Å². The highest BCUT2D eigenvalue weighted by Crippen LogP contribution is 2.26. The monoisotopic (exact) mass is 445 g/mol. The van der Waals surface area contributed by atoms with Gasteiger partial charge in [-0.2, -0.15) is 13.1 Å². The first kappa shape index (κ1) is 18.9. The molecule has 0 saturated carbocycles. The van der Waals surface area contributed by atoms with Crippen molar-refractivity contribution < 1.29 is 22.2 Å². The summed E-state index contributed by atoms with van der Waals surface area (Å²) in [5.41, 5.74) is 1.07. The van der Waals surface area contributed by atoms with E-state index in [0.29, 0.717) is 22.6 Å². The molecule has 1 amide bonds. The molecular weight excluding hydrogens is 430 g/mol. The van der Waals surface area contributed by atoms with Gasteiger partial charge in [0.25, 0.3) is 5.91 Å². The number of furan rings is 1. The number of carbonyl (C=O) groups excluding carboxylic acids is 1. The second-order valence-electron chi connectivity index (χ2n) is 6.64. The van der Waals surface area contributed by atoms with Gasteiger partial charge in [0.1, 0.15) is 15.9 Å². The summed E-state index contributed by atoms with van der Waals surface area (Å²) in [4.78, 5) is 14.4. The zero-order chi connectivity index (χ0) is 20.7. The lowest BCUT2D eigenvalue weighted by atomic mass is 10.2. The minimum absolute atomic E-state index is 0.133. The molecule has 0 atom stereocenters. The van der Waals surface area contributed by atoms with Crippen molar-refractivity contribution in [1.29, 1.82) is 0 Å². The highest BCUT2D eigenvalue weighted by molar-refractivity contribution is 7.89. The highest BCUT2D eigenvalue weighted by Gasteiger charge is 2.33. The zero-order valence-electron chi connectivity index (χ0n) is 15.5. The van der Waals surface area contributed by atoms with Gasteiger partial charge in [-0.3, -0.25) is 4.79 Å². The van der Waals surface area contributed by atoms with Crippen molar-refractivity contribution in [2.24, 2.45) is 0 Å². The van der Waals surface area contributed by atoms with Crippen LogP contribution in [0.5, 0.6) is 0 Å². The number of benzene rings is 1. The smallest absolute Gasteiger partial charge is 0.276 e. The maximum absolute atomic E-state index is 13.1. The van der Waals surface area contributed by atoms with Crippen molar-refractivity contribution >= 4 is 38.7 Å². The Kier molecular flexibility index (Phi) is 4.60. The van der Waals surface area contributed by atoms with Crippen LogP contribution in [0.25, 0.3) is 22.6 Å². The van der Waals surface area contributed by atoms with Crippen LogP contribution in [0.4, 0.5) is 0 Å². The van der Waals surface area contributed by atoms with E-state index in [0.717, 1.165) is 11.7 Å². The molecule has 3 aromatic heterocycles. The summed E-state index contributed by atoms with van der Waals surface area (Å²) in [7, 11) is -3.74. The molecule has 0 radical (unpaired) electrons. The number of hydrogen-bond acceptors (Lipinski definition) is 9. The van der Waals surface area contributed by atoms with Crippen molar-refractivity contribution in [3.8, 4) is 11.5 Å². The van der Waals surface area contributed by atoms with Crippen LogP contribution in [0, 0.1) is 0 Å². The third-order valence-electron chi connectivity index (χ3n) is 4.89. The fraction of sp³-hybridized carbons (Fsp3) is 0.222. The topological polar surface area (TPSA) is 123 Å². The van der Waals surface area contributed by atoms with Gasteiger partial charge in [0.2, 0.25) is 15.8 Å². The molecule has 1 fully saturated rings. The number of hydrogen-bond donors (Lipinski definition) is 0. The van der Waals surface area contributed by atoms with Gasteiger partial charge in [0.15, 0.2) is 11.5 Å². The molecule has 10 nitrogen and oxygen atoms in total. The number of nitrogens with zero attached hydrogens (tertiary/aromatic N) is 5. The Morgan fingerprint density at radius 2 is 1.87 bits per heavy atom. The number of carbonyl (C=O) groups is 1. The molecule has 1 aliphatic rings. The van der Waals surface area contributed by atoms with Gasteiger partial charge in [0, 0.05) is 32.2 Å². The molecule has 1 saturated heterocycles. The predicted molar refractivity (Wildman–Crippen MR) is 106 cm³/mol. The molecule has 0 aliphatic carbocycles. The number of rotatable bonds is 4. The van der Waals surface area contributed by atoms with Gasteiger partial charge in [-0.25, -0.2) is 8.42 Å². The van der Waals surface area contributed by atoms with Gasteiger partial charge < -0.3 is 13.8 Å². The summed E-state index contributed by atoms with van der Waals surface area (Å²) < 4.78 is 46.2. The van der Waals surface area contributed by atoms with E-state index in [1.54, 1.807) is 29.2 Å². The van der Waals surface area contributed by atoms with Crippen molar-refractivity contribution in [2.45, 2.75) is 4.90 Å². The van der Waals surface area contributed by atoms with E-state index < -0.39 is 10.0 Å². The van der Waals surface area contributed by atoms with E-state index in [1.807, 2.05) is 0 Å². The average molecular weight is 445 g/mol. The third-order valence-corrected chi connectivity index (χ3v) is 7.36. The molecule has 0 unspecified atom stereocenters. The summed E-state index contributed by atoms with van der Waals surface area (Å²) in [5, 5.41) is 3.82. The average Bonchev–Trinajstić information content (AvgIpc) is 3.53. The number of aromatic nitrogens is 3. The standard InChI is InChI=1S/C18H15N5O5S2/c24-18(13-11-15(28-19-13)14-4-2-10-27-14)22-6-8-23(9-7-22)30(25,26)16-5-1-3-12-17(16)21-29-20-12/h1-5,10-11H,6-9H2. The van der Waals surface area contributed by atoms with E-state index in [9.17, 15) is 13.2 Å². The maximum Gasteiger partial charge on any atom is 0.276 e. The van der Waals surface area contributed by atoms with Crippen molar-refractivity contribution in [3.05, 3.63) is 48.4 Å². The third kappa shape index (κ3) is 3.18. The summed E-state index contributed by atoms with van der Waals surface area (Å²) in [6, 6.07) is 9.83. The first-order chi connectivity index (χ1) is 14.5. The normalized spacial score (nSPS) is 15.7. The summed E-state index contributed by atoms with van der Waals surface area (Å²) in [5.74, 6) is 0.511. The fourth-order valence-corrected chi connectivity index (χ4v) is 5.51. The Bertz CT molecular complexity index is 1300. The highest BCUT2D eigenvalue weighted by atomic mass is 32.2. The molecule has 5 rings (SSSR count). The predicted octanol–water partition coefficient (Wildman–Crippen LogP) is 2.09. The van der Waals surface area contributed by atoms with Crippen LogP contribution >= 0.6 is 11.7 Å². The van der Waals surface area contributed by atoms with Gasteiger partial charge in [-0.1, -0.05) is 11.2 Å². The van der Waals surface area contributed by atoms with Crippen LogP contribution in [0.1, 0.15) is 10.5 Å². The second-order valence-corrected chi connectivity index (χ2v) is 9.07. The first-order valence-electron chi connectivity index (χ1n) is 9.05. The van der Waals surface area contributed by atoms with E-state index >= 15 is 0 Å². The summed E-state index contributed by atoms with van der Waals surface area (Å²) in [6.07, 6.45) is 1.50. The lowest BCUT2D eigenvalue weighted by Crippen LogP contribution is -2.50. The minimum atomic E-state index is -3.74. The van der Waals surface area contributed by atoms with E-state index in [-0.39, 0.29) is 42.7 Å². The molecule has 1 aliphatic heterocycles. The fourth-order valence-electron chi connectivity index (χ4n) is 3.33. The minimum Gasteiger partial charge on any atom is -0.461 e. The Morgan fingerprint density at radius 1 is 1.03 bits per heavy atom. The molecule has 0 spiro atoms. The number of fused-ring (bicyclic) bond motifs is 1. The van der Waals surface area contributed by atoms with Crippen LogP contribution in [-0.2, 0) is 10.0 Å². The van der Waals surface area contributed by atoms with Gasteiger partial charge in [-0.05, 0) is 24.3 Å². The maximum atomic E-state index is 13.1. The van der Waals surface area contributed by atoms with Crippen LogP contribution in [-0.4, -0.2) is 63.6 Å². The Hall–Kier alpha value is -3.09. The molecule has 12 heteroatoms. The molecule has 154 valence electrons. The van der Waals surface area contributed by atoms with Crippen LogP contribution in [0.3, 0.4) is 0 Å². The Balaban J connectivity index is 1.30. The summed E-state index contributed by atoms with van der Waals surface area (Å²) >= 11 is 0.974. The quantitative estimate of drug-likeness (QED) is 0.468. The van der Waals surface area contributed by atoms with Gasteiger partial charge >= 0.3 is 0 Å². The molecule has 4 aromatic rings. The van der Waals surface area contributed by atoms with Crippen LogP contribution in [0.2, 0.25) is 0 Å². The number of amides is 1. The van der Waals surface area contributed by atoms with Crippen LogP contribution < -0.4 is 0 Å². The number of sulfonamides is 1. The van der Waals surface area contributed by atoms with E-state index in [4.69, 9.17) is 8.94 Å². The number of piperazine rings is 1. The van der Waals surface area contributed by atoms with E-state index in [1.165, 1.54) is 22.7 Å². The largest absolute Gasteiger partial charge is 0.461 e. The molecule has 4 heterocycles. The van der Waals surface area contributed by atoms with Gasteiger partial charge in [0.05, 0.1) is 18.0 Å². The summed E-state index contributed by atoms with van der Waals surface area (Å²) in [6.45, 7) is 0.828. The molecule has 0 bridgehead atoms. The molecular formula is C18H15N5O5S2. The van der Waals surface area contributed by atoms with Gasteiger partial charge in [-0.15, -0.1) is 0 Å². The SMILES string of the molecule is O=C(c1cc(-c2ccco2)on1)N1CCN(S(=O)(=O)c2cccc3nsnc23)CC1. The lowest BCUT2D eigenvalue weighted by Gasteiger charge is -2.33. The Morgan fingerprint density at radius 3 is 2.63 bits per heavy atom. The van der Waals surface area contributed by atoms with Crippen molar-refractivity contribution in [3.63, 3.8) is 0 Å². The molecule has 1 aromatic carbocycles. The molecule has 30 heavy (non-hydrogen) atoms. The van der Waals surface area contributed by atoms with E-state index in [2.05, 4.69) is 13.9 Å². The zero-order valence-corrected chi connectivity index (χ0v) is 17.1. The molecule has 0 N–H and O–H groups in total.